The van der Waals surface area contributed by atoms with E-state index in [0.717, 1.165) is 5.56 Å². The van der Waals surface area contributed by atoms with Gasteiger partial charge in [0, 0.05) is 22.5 Å². The number of nitrogens with zero attached hydrogens (tertiary/aromatic N) is 1. The number of ether oxygens (including phenoxy) is 1. The molecule has 0 bridgehead atoms. The Bertz CT molecular complexity index is 1070. The molecular formula is C22H18N4O3. The second-order valence-electron chi connectivity index (χ2n) is 6.11. The van der Waals surface area contributed by atoms with Gasteiger partial charge in [-0.05, 0) is 48.5 Å². The van der Waals surface area contributed by atoms with E-state index in [9.17, 15) is 9.59 Å². The second kappa shape index (κ2) is 9.06. The fourth-order valence-electron chi connectivity index (χ4n) is 2.63. The highest BCUT2D eigenvalue weighted by Gasteiger charge is 2.09. The third kappa shape index (κ3) is 5.34. The lowest BCUT2D eigenvalue weighted by Crippen LogP contribution is -2.19. The molecule has 3 rings (SSSR count). The van der Waals surface area contributed by atoms with Gasteiger partial charge >= 0.3 is 6.03 Å². The van der Waals surface area contributed by atoms with E-state index in [-0.39, 0.29) is 12.5 Å². The van der Waals surface area contributed by atoms with Gasteiger partial charge in [0.25, 0.3) is 5.91 Å². The number of urea groups is 1. The van der Waals surface area contributed by atoms with Crippen molar-refractivity contribution >= 4 is 23.3 Å². The van der Waals surface area contributed by atoms with E-state index in [1.54, 1.807) is 60.7 Å². The molecule has 29 heavy (non-hydrogen) atoms. The van der Waals surface area contributed by atoms with Crippen LogP contribution in [-0.2, 0) is 6.61 Å². The van der Waals surface area contributed by atoms with E-state index in [0.29, 0.717) is 28.3 Å². The van der Waals surface area contributed by atoms with Crippen molar-refractivity contribution in [2.45, 2.75) is 6.61 Å². The van der Waals surface area contributed by atoms with Crippen molar-refractivity contribution in [3.63, 3.8) is 0 Å². The molecule has 144 valence electrons. The van der Waals surface area contributed by atoms with Crippen LogP contribution in [0.15, 0.2) is 72.8 Å². The predicted octanol–water partition coefficient (Wildman–Crippen LogP) is 3.88. The molecule has 0 atom stereocenters. The zero-order valence-electron chi connectivity index (χ0n) is 15.4. The molecule has 4 N–H and O–H groups in total. The molecule has 0 saturated heterocycles. The van der Waals surface area contributed by atoms with Gasteiger partial charge in [0.1, 0.15) is 12.4 Å². The minimum Gasteiger partial charge on any atom is -0.489 e. The van der Waals surface area contributed by atoms with Crippen molar-refractivity contribution in [2.24, 2.45) is 5.73 Å². The Hall–Kier alpha value is -4.31. The van der Waals surface area contributed by atoms with Crippen molar-refractivity contribution < 1.29 is 14.3 Å². The molecule has 0 unspecified atom stereocenters. The average molecular weight is 386 g/mol. The van der Waals surface area contributed by atoms with Crippen LogP contribution in [0.5, 0.6) is 5.75 Å². The molecule has 0 saturated carbocycles. The summed E-state index contributed by atoms with van der Waals surface area (Å²) in [5, 5.41) is 14.4. The maximum absolute atomic E-state index is 12.5. The first-order valence-corrected chi connectivity index (χ1v) is 8.74. The van der Waals surface area contributed by atoms with Crippen LogP contribution in [0.2, 0.25) is 0 Å². The van der Waals surface area contributed by atoms with Gasteiger partial charge in [0.15, 0.2) is 0 Å². The van der Waals surface area contributed by atoms with Crippen LogP contribution < -0.4 is 21.1 Å². The number of benzene rings is 3. The van der Waals surface area contributed by atoms with Gasteiger partial charge < -0.3 is 21.1 Å². The van der Waals surface area contributed by atoms with Gasteiger partial charge in [0.05, 0.1) is 11.6 Å². The molecule has 7 nitrogen and oxygen atoms in total. The van der Waals surface area contributed by atoms with Crippen molar-refractivity contribution in [1.82, 2.24) is 0 Å². The summed E-state index contributed by atoms with van der Waals surface area (Å²) in [5.41, 5.74) is 7.91. The SMILES string of the molecule is N#Cc1ccccc1COc1cccc(C(=O)Nc2ccc(NC(N)=O)cc2)c1. The minimum absolute atomic E-state index is 0.225. The molecule has 0 heterocycles. The highest BCUT2D eigenvalue weighted by molar-refractivity contribution is 6.04. The van der Waals surface area contributed by atoms with E-state index >= 15 is 0 Å². The molecule has 3 amide bonds. The van der Waals surface area contributed by atoms with Crippen LogP contribution in [0.1, 0.15) is 21.5 Å². The fraction of sp³-hybridized carbons (Fsp3) is 0.0455. The van der Waals surface area contributed by atoms with Gasteiger partial charge in [0.2, 0.25) is 0 Å². The molecular weight excluding hydrogens is 368 g/mol. The Kier molecular flexibility index (Phi) is 6.08. The number of nitrogens with one attached hydrogen (secondary N) is 2. The zero-order valence-corrected chi connectivity index (χ0v) is 15.4. The lowest BCUT2D eigenvalue weighted by Gasteiger charge is -2.10. The lowest BCUT2D eigenvalue weighted by atomic mass is 10.1. The Labute approximate surface area is 167 Å². The quantitative estimate of drug-likeness (QED) is 0.596. The van der Waals surface area contributed by atoms with Gasteiger partial charge in [-0.1, -0.05) is 24.3 Å². The molecule has 3 aromatic rings. The van der Waals surface area contributed by atoms with E-state index in [1.807, 2.05) is 12.1 Å². The van der Waals surface area contributed by atoms with Crippen LogP contribution in [0.3, 0.4) is 0 Å². The molecule has 0 radical (unpaired) electrons. The molecule has 0 spiro atoms. The van der Waals surface area contributed by atoms with Gasteiger partial charge in [-0.3, -0.25) is 4.79 Å². The zero-order chi connectivity index (χ0) is 20.6. The summed E-state index contributed by atoms with van der Waals surface area (Å²) < 4.78 is 5.75. The topological polar surface area (TPSA) is 117 Å². The number of carbonyl (C=O) groups excluding carboxylic acids is 2. The third-order valence-corrected chi connectivity index (χ3v) is 4.04. The van der Waals surface area contributed by atoms with Crippen LogP contribution >= 0.6 is 0 Å². The predicted molar refractivity (Wildman–Crippen MR) is 110 cm³/mol. The van der Waals surface area contributed by atoms with Crippen LogP contribution in [0, 0.1) is 11.3 Å². The van der Waals surface area contributed by atoms with E-state index < -0.39 is 6.03 Å². The number of hydrogen-bond acceptors (Lipinski definition) is 4. The Balaban J connectivity index is 1.65. The minimum atomic E-state index is -0.656. The number of rotatable bonds is 6. The first-order chi connectivity index (χ1) is 14.0. The number of nitriles is 1. The molecule has 7 heteroatoms. The summed E-state index contributed by atoms with van der Waals surface area (Å²) in [6.07, 6.45) is 0. The maximum atomic E-state index is 12.5. The van der Waals surface area contributed by atoms with Gasteiger partial charge in [-0.2, -0.15) is 5.26 Å². The van der Waals surface area contributed by atoms with Crippen molar-refractivity contribution in [3.8, 4) is 11.8 Å². The van der Waals surface area contributed by atoms with Crippen LogP contribution in [0.25, 0.3) is 0 Å². The number of primary amides is 1. The first-order valence-electron chi connectivity index (χ1n) is 8.74. The summed E-state index contributed by atoms with van der Waals surface area (Å²) >= 11 is 0. The van der Waals surface area contributed by atoms with E-state index in [2.05, 4.69) is 16.7 Å². The Morgan fingerprint density at radius 3 is 2.31 bits per heavy atom. The van der Waals surface area contributed by atoms with Gasteiger partial charge in [-0.15, -0.1) is 0 Å². The summed E-state index contributed by atoms with van der Waals surface area (Å²) in [4.78, 5) is 23.3. The largest absolute Gasteiger partial charge is 0.489 e. The Morgan fingerprint density at radius 2 is 1.62 bits per heavy atom. The van der Waals surface area contributed by atoms with Crippen LogP contribution in [0.4, 0.5) is 16.2 Å². The molecule has 0 aliphatic carbocycles. The Morgan fingerprint density at radius 1 is 0.931 bits per heavy atom. The molecule has 3 aromatic carbocycles. The number of anilines is 2. The van der Waals surface area contributed by atoms with Crippen molar-refractivity contribution in [2.75, 3.05) is 10.6 Å². The highest BCUT2D eigenvalue weighted by Crippen LogP contribution is 2.19. The standard InChI is InChI=1S/C22H18N4O3/c23-13-16-4-1-2-5-17(16)14-29-20-7-3-6-15(12-20)21(27)25-18-8-10-19(11-9-18)26-22(24)28/h1-12H,14H2,(H,25,27)(H3,24,26,28). The fourth-order valence-corrected chi connectivity index (χ4v) is 2.63. The summed E-state index contributed by atoms with van der Waals surface area (Å²) in [6, 6.07) is 22.0. The van der Waals surface area contributed by atoms with Crippen molar-refractivity contribution in [1.29, 1.82) is 5.26 Å². The van der Waals surface area contributed by atoms with Crippen molar-refractivity contribution in [3.05, 3.63) is 89.5 Å². The highest BCUT2D eigenvalue weighted by atomic mass is 16.5. The maximum Gasteiger partial charge on any atom is 0.316 e. The molecule has 0 aromatic heterocycles. The first kappa shape index (κ1) is 19.5. The van der Waals surface area contributed by atoms with E-state index in [4.69, 9.17) is 15.7 Å². The molecule has 0 fully saturated rings. The summed E-state index contributed by atoms with van der Waals surface area (Å²) in [5.74, 6) is 0.217. The van der Waals surface area contributed by atoms with Gasteiger partial charge in [-0.25, -0.2) is 4.79 Å². The number of nitrogens with two attached hydrogens (primary N) is 1. The van der Waals surface area contributed by atoms with Crippen LogP contribution in [-0.4, -0.2) is 11.9 Å². The average Bonchev–Trinajstić information content (AvgIpc) is 2.73. The second-order valence-corrected chi connectivity index (χ2v) is 6.11. The number of carbonyl (C=O) groups is 2. The number of amides is 3. The number of hydrogen-bond donors (Lipinski definition) is 3. The smallest absolute Gasteiger partial charge is 0.316 e. The lowest BCUT2D eigenvalue weighted by molar-refractivity contribution is 0.102. The van der Waals surface area contributed by atoms with E-state index in [1.165, 1.54) is 0 Å². The summed E-state index contributed by atoms with van der Waals surface area (Å²) in [6.45, 7) is 0.225. The summed E-state index contributed by atoms with van der Waals surface area (Å²) in [7, 11) is 0. The normalized spacial score (nSPS) is 9.90. The molecule has 0 aliphatic heterocycles. The monoisotopic (exact) mass is 386 g/mol. The third-order valence-electron chi connectivity index (χ3n) is 4.04. The molecule has 0 aliphatic rings.